The molecule has 7 nitrogen and oxygen atoms in total. The second kappa shape index (κ2) is 6.53. The van der Waals surface area contributed by atoms with Crippen LogP contribution in [0, 0.1) is 0 Å². The van der Waals surface area contributed by atoms with Gasteiger partial charge in [-0.15, -0.1) is 0 Å². The second-order valence-corrected chi connectivity index (χ2v) is 7.00. The SMILES string of the molecule is COc1cccc(CCN2CC(S(N)(=O)=O)CC2=O)c1OC. The van der Waals surface area contributed by atoms with E-state index in [0.717, 1.165) is 5.56 Å². The van der Waals surface area contributed by atoms with E-state index in [-0.39, 0.29) is 18.9 Å². The van der Waals surface area contributed by atoms with Crippen molar-refractivity contribution in [1.29, 1.82) is 0 Å². The molecule has 0 radical (unpaired) electrons. The van der Waals surface area contributed by atoms with Crippen molar-refractivity contribution in [3.8, 4) is 11.5 Å². The third-order valence-electron chi connectivity index (χ3n) is 3.78. The molecule has 1 atom stereocenters. The number of sulfonamides is 1. The van der Waals surface area contributed by atoms with E-state index in [1.54, 1.807) is 20.3 Å². The number of primary sulfonamides is 1. The van der Waals surface area contributed by atoms with E-state index in [2.05, 4.69) is 0 Å². The number of amides is 1. The molecule has 1 fully saturated rings. The van der Waals surface area contributed by atoms with Crippen molar-refractivity contribution in [2.75, 3.05) is 27.3 Å². The zero-order valence-electron chi connectivity index (χ0n) is 12.6. The van der Waals surface area contributed by atoms with Crippen LogP contribution < -0.4 is 14.6 Å². The van der Waals surface area contributed by atoms with Crippen LogP contribution in [-0.4, -0.2) is 51.8 Å². The highest BCUT2D eigenvalue weighted by atomic mass is 32.2. The van der Waals surface area contributed by atoms with E-state index >= 15 is 0 Å². The lowest BCUT2D eigenvalue weighted by molar-refractivity contribution is -0.127. The third-order valence-corrected chi connectivity index (χ3v) is 5.02. The summed E-state index contributed by atoms with van der Waals surface area (Å²) in [6.45, 7) is 0.554. The Balaban J connectivity index is 2.07. The molecule has 1 unspecified atom stereocenters. The predicted molar refractivity (Wildman–Crippen MR) is 81.3 cm³/mol. The van der Waals surface area contributed by atoms with Gasteiger partial charge in [0.15, 0.2) is 11.5 Å². The van der Waals surface area contributed by atoms with Gasteiger partial charge in [-0.1, -0.05) is 12.1 Å². The molecule has 0 saturated carbocycles. The first-order valence-corrected chi connectivity index (χ1v) is 8.47. The molecular formula is C14H20N2O5S. The number of methoxy groups -OCH3 is 2. The number of carbonyl (C=O) groups is 1. The van der Waals surface area contributed by atoms with E-state index < -0.39 is 15.3 Å². The summed E-state index contributed by atoms with van der Waals surface area (Å²) < 4.78 is 33.3. The summed E-state index contributed by atoms with van der Waals surface area (Å²) in [5, 5.41) is 4.30. The molecule has 122 valence electrons. The molecule has 2 N–H and O–H groups in total. The van der Waals surface area contributed by atoms with Crippen LogP contribution in [-0.2, 0) is 21.2 Å². The van der Waals surface area contributed by atoms with Gasteiger partial charge in [0.1, 0.15) is 5.25 Å². The lowest BCUT2D eigenvalue weighted by Gasteiger charge is -2.18. The number of rotatable bonds is 6. The highest BCUT2D eigenvalue weighted by Gasteiger charge is 2.36. The monoisotopic (exact) mass is 328 g/mol. The van der Waals surface area contributed by atoms with Crippen LogP contribution in [0.4, 0.5) is 0 Å². The minimum atomic E-state index is -3.68. The van der Waals surface area contributed by atoms with Gasteiger partial charge in [0.05, 0.1) is 14.2 Å². The molecule has 2 rings (SSSR count). The average Bonchev–Trinajstić information content (AvgIpc) is 2.85. The molecule has 22 heavy (non-hydrogen) atoms. The molecule has 1 saturated heterocycles. The van der Waals surface area contributed by atoms with Crippen molar-refractivity contribution < 1.29 is 22.7 Å². The molecule has 1 aliphatic heterocycles. The Morgan fingerprint density at radius 1 is 1.32 bits per heavy atom. The van der Waals surface area contributed by atoms with Crippen LogP contribution in [0.25, 0.3) is 0 Å². The average molecular weight is 328 g/mol. The molecule has 1 aliphatic rings. The predicted octanol–water partition coefficient (Wildman–Crippen LogP) is 0.136. The van der Waals surface area contributed by atoms with Crippen LogP contribution in [0.15, 0.2) is 18.2 Å². The van der Waals surface area contributed by atoms with Gasteiger partial charge in [-0.3, -0.25) is 4.79 Å². The smallest absolute Gasteiger partial charge is 0.224 e. The second-order valence-electron chi connectivity index (χ2n) is 5.16. The fourth-order valence-corrected chi connectivity index (χ4v) is 3.34. The number of nitrogens with two attached hydrogens (primary N) is 1. The van der Waals surface area contributed by atoms with Crippen molar-refractivity contribution in [2.24, 2.45) is 5.14 Å². The Bertz CT molecular complexity index is 659. The van der Waals surface area contributed by atoms with Crippen molar-refractivity contribution >= 4 is 15.9 Å². The fourth-order valence-electron chi connectivity index (χ4n) is 2.58. The fraction of sp³-hybridized carbons (Fsp3) is 0.500. The molecule has 0 aliphatic carbocycles. The van der Waals surface area contributed by atoms with Crippen molar-refractivity contribution in [2.45, 2.75) is 18.1 Å². The summed E-state index contributed by atoms with van der Waals surface area (Å²) in [7, 11) is -0.569. The number of ether oxygens (including phenoxy) is 2. The van der Waals surface area contributed by atoms with E-state index in [1.165, 1.54) is 4.90 Å². The van der Waals surface area contributed by atoms with Gasteiger partial charge in [0, 0.05) is 19.5 Å². The lowest BCUT2D eigenvalue weighted by atomic mass is 10.1. The summed E-state index contributed by atoms with van der Waals surface area (Å²) in [6.07, 6.45) is 0.498. The van der Waals surface area contributed by atoms with E-state index in [4.69, 9.17) is 14.6 Å². The minimum absolute atomic E-state index is 0.0475. The number of benzene rings is 1. The summed E-state index contributed by atoms with van der Waals surface area (Å²) in [5.41, 5.74) is 0.897. The number of hydrogen-bond donors (Lipinski definition) is 1. The number of para-hydroxylation sites is 1. The topological polar surface area (TPSA) is 98.9 Å². The van der Waals surface area contributed by atoms with Crippen LogP contribution in [0.1, 0.15) is 12.0 Å². The Morgan fingerprint density at radius 3 is 2.59 bits per heavy atom. The van der Waals surface area contributed by atoms with Crippen LogP contribution in [0.2, 0.25) is 0 Å². The molecule has 8 heteroatoms. The number of carbonyl (C=O) groups excluding carboxylic acids is 1. The van der Waals surface area contributed by atoms with Crippen LogP contribution >= 0.6 is 0 Å². The summed E-state index contributed by atoms with van der Waals surface area (Å²) >= 11 is 0. The van der Waals surface area contributed by atoms with Gasteiger partial charge in [-0.05, 0) is 18.1 Å². The molecule has 1 amide bonds. The maximum absolute atomic E-state index is 11.9. The van der Waals surface area contributed by atoms with Gasteiger partial charge in [-0.2, -0.15) is 0 Å². The molecule has 0 bridgehead atoms. The highest BCUT2D eigenvalue weighted by Crippen LogP contribution is 2.31. The maximum atomic E-state index is 11.9. The Labute approximate surface area is 130 Å². The first kappa shape index (κ1) is 16.6. The number of hydrogen-bond acceptors (Lipinski definition) is 5. The highest BCUT2D eigenvalue weighted by molar-refractivity contribution is 7.89. The van der Waals surface area contributed by atoms with Gasteiger partial charge in [0.2, 0.25) is 15.9 Å². The van der Waals surface area contributed by atoms with Gasteiger partial charge < -0.3 is 14.4 Å². The van der Waals surface area contributed by atoms with Crippen molar-refractivity contribution in [3.63, 3.8) is 0 Å². The van der Waals surface area contributed by atoms with E-state index in [1.807, 2.05) is 12.1 Å². The zero-order chi connectivity index (χ0) is 16.3. The molecule has 1 aromatic carbocycles. The first-order valence-electron chi connectivity index (χ1n) is 6.86. The summed E-state index contributed by atoms with van der Waals surface area (Å²) in [6, 6.07) is 5.52. The third kappa shape index (κ3) is 3.50. The Hall–Kier alpha value is -1.80. The summed E-state index contributed by atoms with van der Waals surface area (Å²) in [5.74, 6) is 1.05. The van der Waals surface area contributed by atoms with Gasteiger partial charge >= 0.3 is 0 Å². The largest absolute Gasteiger partial charge is 0.493 e. The number of nitrogens with zero attached hydrogens (tertiary/aromatic N) is 1. The Morgan fingerprint density at radius 2 is 2.05 bits per heavy atom. The molecule has 0 spiro atoms. The van der Waals surface area contributed by atoms with E-state index in [0.29, 0.717) is 24.5 Å². The van der Waals surface area contributed by atoms with Crippen LogP contribution in [0.3, 0.4) is 0 Å². The molecule has 1 aromatic rings. The zero-order valence-corrected chi connectivity index (χ0v) is 13.4. The summed E-state index contributed by atoms with van der Waals surface area (Å²) in [4.78, 5) is 13.4. The normalized spacial score (nSPS) is 18.6. The molecule has 1 heterocycles. The standard InChI is InChI=1S/C14H20N2O5S/c1-20-12-5-3-4-10(14(12)21-2)6-7-16-9-11(8-13(16)17)22(15,18)19/h3-5,11H,6-9H2,1-2H3,(H2,15,18,19). The number of likely N-dealkylation sites (tertiary alicyclic amines) is 1. The quantitative estimate of drug-likeness (QED) is 0.800. The van der Waals surface area contributed by atoms with Gasteiger partial charge in [-0.25, -0.2) is 13.6 Å². The molecule has 0 aromatic heterocycles. The van der Waals surface area contributed by atoms with Gasteiger partial charge in [0.25, 0.3) is 0 Å². The van der Waals surface area contributed by atoms with Crippen molar-refractivity contribution in [1.82, 2.24) is 4.90 Å². The van der Waals surface area contributed by atoms with Crippen LogP contribution in [0.5, 0.6) is 11.5 Å². The van der Waals surface area contributed by atoms with E-state index in [9.17, 15) is 13.2 Å². The first-order chi connectivity index (χ1) is 10.4. The van der Waals surface area contributed by atoms with Crippen molar-refractivity contribution in [3.05, 3.63) is 23.8 Å². The Kier molecular flexibility index (Phi) is 4.92. The lowest BCUT2D eigenvalue weighted by Crippen LogP contribution is -2.33. The maximum Gasteiger partial charge on any atom is 0.224 e. The minimum Gasteiger partial charge on any atom is -0.493 e. The molecular weight excluding hydrogens is 308 g/mol.